The van der Waals surface area contributed by atoms with Crippen molar-refractivity contribution < 1.29 is 5.11 Å². The third-order valence-corrected chi connectivity index (χ3v) is 9.20. The molecule has 0 aliphatic heterocycles. The molecule has 0 bridgehead atoms. The lowest BCUT2D eigenvalue weighted by Crippen LogP contribution is -2.46. The quantitative estimate of drug-likeness (QED) is 0.425. The number of aliphatic hydroxyl groups is 1. The third kappa shape index (κ3) is 3.43. The van der Waals surface area contributed by atoms with Crippen LogP contribution in [0.4, 0.5) is 0 Å². The maximum absolute atomic E-state index is 10.1. The second-order valence-corrected chi connectivity index (χ2v) is 11.0. The fourth-order valence-corrected chi connectivity index (χ4v) is 7.78. The van der Waals surface area contributed by atoms with E-state index in [-0.39, 0.29) is 6.10 Å². The van der Waals surface area contributed by atoms with Crippen molar-refractivity contribution in [3.05, 3.63) is 11.6 Å². The summed E-state index contributed by atoms with van der Waals surface area (Å²) in [6.45, 7) is 7.41. The molecule has 7 atom stereocenters. The van der Waals surface area contributed by atoms with Crippen LogP contribution >= 0.6 is 0 Å². The molecule has 0 heterocycles. The molecule has 3 fully saturated rings. The van der Waals surface area contributed by atoms with E-state index in [2.05, 4.69) is 26.8 Å². The van der Waals surface area contributed by atoms with Gasteiger partial charge in [-0.25, -0.2) is 0 Å². The summed E-state index contributed by atoms with van der Waals surface area (Å²) in [5, 5.41) is 10.1. The summed E-state index contributed by atoms with van der Waals surface area (Å²) in [6, 6.07) is 0. The second kappa shape index (κ2) is 7.61. The minimum absolute atomic E-state index is 0.0513. The van der Waals surface area contributed by atoms with Crippen LogP contribution in [0.5, 0.6) is 0 Å². The van der Waals surface area contributed by atoms with Gasteiger partial charge in [0.1, 0.15) is 0 Å². The summed E-state index contributed by atoms with van der Waals surface area (Å²) >= 11 is 0. The number of unbranched alkanes of at least 4 members (excludes halogenated alkanes) is 1. The Morgan fingerprint density at radius 2 is 1.92 bits per heavy atom. The fraction of sp³-hybridized carbons (Fsp3) is 0.920. The molecule has 1 heteroatoms. The van der Waals surface area contributed by atoms with Crippen LogP contribution in [0.2, 0.25) is 0 Å². The summed E-state index contributed by atoms with van der Waals surface area (Å²) in [5.41, 5.74) is 2.27. The van der Waals surface area contributed by atoms with E-state index in [0.29, 0.717) is 5.41 Å². The van der Waals surface area contributed by atoms with Gasteiger partial charge in [0.15, 0.2) is 0 Å². The Balaban J connectivity index is 1.41. The first kappa shape index (κ1) is 19.0. The van der Waals surface area contributed by atoms with Gasteiger partial charge >= 0.3 is 0 Å². The van der Waals surface area contributed by atoms with Crippen LogP contribution in [0, 0.1) is 40.9 Å². The van der Waals surface area contributed by atoms with E-state index in [1.54, 1.807) is 5.57 Å². The molecule has 148 valence electrons. The minimum Gasteiger partial charge on any atom is -0.393 e. The highest BCUT2D eigenvalue weighted by molar-refractivity contribution is 5.20. The summed E-state index contributed by atoms with van der Waals surface area (Å²) in [4.78, 5) is 0. The summed E-state index contributed by atoms with van der Waals surface area (Å²) in [6.07, 6.45) is 18.9. The highest BCUT2D eigenvalue weighted by atomic mass is 16.3. The van der Waals surface area contributed by atoms with Gasteiger partial charge in [0.2, 0.25) is 0 Å². The van der Waals surface area contributed by atoms with Gasteiger partial charge in [-0.2, -0.15) is 0 Å². The molecule has 1 N–H and O–H groups in total. The van der Waals surface area contributed by atoms with E-state index in [1.807, 2.05) is 0 Å². The molecule has 0 radical (unpaired) electrons. The van der Waals surface area contributed by atoms with Crippen molar-refractivity contribution in [2.45, 2.75) is 104 Å². The SMILES string of the molecule is CC(C)CCCC[C@H]1CCC2C3CC=C4CC(O)CCC4C3CCC21C. The zero-order chi connectivity index (χ0) is 18.3. The zero-order valence-corrected chi connectivity index (χ0v) is 17.6. The molecule has 4 rings (SSSR count). The lowest BCUT2D eigenvalue weighted by molar-refractivity contribution is -0.0200. The molecule has 6 unspecified atom stereocenters. The Labute approximate surface area is 162 Å². The number of aliphatic hydroxyl groups excluding tert-OH is 1. The van der Waals surface area contributed by atoms with Crippen LogP contribution in [-0.2, 0) is 0 Å². The molecule has 1 nitrogen and oxygen atoms in total. The molecule has 4 aliphatic carbocycles. The van der Waals surface area contributed by atoms with Gasteiger partial charge < -0.3 is 5.11 Å². The highest BCUT2D eigenvalue weighted by Crippen LogP contribution is 2.64. The largest absolute Gasteiger partial charge is 0.393 e. The van der Waals surface area contributed by atoms with Crippen molar-refractivity contribution in [2.75, 3.05) is 0 Å². The molecular formula is C25H42O. The zero-order valence-electron chi connectivity index (χ0n) is 17.6. The molecular weight excluding hydrogens is 316 g/mol. The molecule has 26 heavy (non-hydrogen) atoms. The molecule has 0 saturated heterocycles. The van der Waals surface area contributed by atoms with Gasteiger partial charge in [0.25, 0.3) is 0 Å². The van der Waals surface area contributed by atoms with Crippen molar-refractivity contribution in [2.24, 2.45) is 40.9 Å². The number of allylic oxidation sites excluding steroid dienone is 1. The Morgan fingerprint density at radius 1 is 1.08 bits per heavy atom. The number of fused-ring (bicyclic) bond motifs is 5. The van der Waals surface area contributed by atoms with Crippen LogP contribution in [0.25, 0.3) is 0 Å². The molecule has 0 aromatic heterocycles. The van der Waals surface area contributed by atoms with E-state index in [1.165, 1.54) is 64.2 Å². The topological polar surface area (TPSA) is 20.2 Å². The van der Waals surface area contributed by atoms with Gasteiger partial charge in [0.05, 0.1) is 6.10 Å². The Bertz CT molecular complexity index is 520. The summed E-state index contributed by atoms with van der Waals surface area (Å²) < 4.78 is 0. The average Bonchev–Trinajstić information content (AvgIpc) is 2.94. The van der Waals surface area contributed by atoms with Crippen molar-refractivity contribution in [1.82, 2.24) is 0 Å². The summed E-state index contributed by atoms with van der Waals surface area (Å²) in [5.74, 6) is 5.58. The van der Waals surface area contributed by atoms with Crippen LogP contribution in [0.15, 0.2) is 11.6 Å². The molecule has 0 amide bonds. The molecule has 0 aromatic rings. The molecule has 0 spiro atoms. The Kier molecular flexibility index (Phi) is 5.57. The van der Waals surface area contributed by atoms with Gasteiger partial charge in [0, 0.05) is 0 Å². The van der Waals surface area contributed by atoms with Crippen LogP contribution in [0.3, 0.4) is 0 Å². The van der Waals surface area contributed by atoms with Crippen molar-refractivity contribution >= 4 is 0 Å². The van der Waals surface area contributed by atoms with Crippen molar-refractivity contribution in [1.29, 1.82) is 0 Å². The molecule has 0 aromatic carbocycles. The highest BCUT2D eigenvalue weighted by Gasteiger charge is 2.55. The lowest BCUT2D eigenvalue weighted by Gasteiger charge is -2.54. The van der Waals surface area contributed by atoms with E-state index >= 15 is 0 Å². The maximum atomic E-state index is 10.1. The van der Waals surface area contributed by atoms with E-state index in [9.17, 15) is 5.11 Å². The fourth-order valence-electron chi connectivity index (χ4n) is 7.78. The maximum Gasteiger partial charge on any atom is 0.0577 e. The van der Waals surface area contributed by atoms with Crippen LogP contribution in [0.1, 0.15) is 97.8 Å². The summed E-state index contributed by atoms with van der Waals surface area (Å²) in [7, 11) is 0. The normalized spacial score (nSPS) is 45.0. The van der Waals surface area contributed by atoms with Crippen LogP contribution in [-0.4, -0.2) is 11.2 Å². The van der Waals surface area contributed by atoms with Gasteiger partial charge in [-0.1, -0.05) is 51.7 Å². The lowest BCUT2D eigenvalue weighted by atomic mass is 9.51. The monoisotopic (exact) mass is 358 g/mol. The molecule has 4 aliphatic rings. The van der Waals surface area contributed by atoms with Gasteiger partial charge in [-0.3, -0.25) is 0 Å². The number of hydrogen-bond donors (Lipinski definition) is 1. The standard InChI is InChI=1S/C25H42O/c1-17(2)6-4-5-7-19-9-13-24-23-11-8-18-16-20(26)10-12-21(18)22(23)14-15-25(19,24)3/h8,17,19-24,26H,4-7,9-16H2,1-3H3/t19-,20?,21?,22?,23?,24?,25?/m0/s1. The number of hydrogen-bond acceptors (Lipinski definition) is 1. The first-order valence-corrected chi connectivity index (χ1v) is 11.9. The van der Waals surface area contributed by atoms with Gasteiger partial charge in [-0.05, 0) is 98.7 Å². The predicted molar refractivity (Wildman–Crippen MR) is 110 cm³/mol. The smallest absolute Gasteiger partial charge is 0.0577 e. The van der Waals surface area contributed by atoms with Gasteiger partial charge in [-0.15, -0.1) is 0 Å². The van der Waals surface area contributed by atoms with E-state index < -0.39 is 0 Å². The van der Waals surface area contributed by atoms with Crippen molar-refractivity contribution in [3.8, 4) is 0 Å². The minimum atomic E-state index is -0.0513. The molecule has 3 saturated carbocycles. The van der Waals surface area contributed by atoms with E-state index in [4.69, 9.17) is 0 Å². The second-order valence-electron chi connectivity index (χ2n) is 11.0. The first-order valence-electron chi connectivity index (χ1n) is 11.9. The first-order chi connectivity index (χ1) is 12.5. The number of rotatable bonds is 5. The Hall–Kier alpha value is -0.300. The van der Waals surface area contributed by atoms with Crippen LogP contribution < -0.4 is 0 Å². The predicted octanol–water partition coefficient (Wildman–Crippen LogP) is 6.75. The average molecular weight is 359 g/mol. The van der Waals surface area contributed by atoms with Crippen molar-refractivity contribution in [3.63, 3.8) is 0 Å². The third-order valence-electron chi connectivity index (χ3n) is 9.20. The van der Waals surface area contributed by atoms with E-state index in [0.717, 1.165) is 48.3 Å². The Morgan fingerprint density at radius 3 is 2.73 bits per heavy atom.